The predicted molar refractivity (Wildman–Crippen MR) is 84.1 cm³/mol. The maximum absolute atomic E-state index is 11.7. The maximum Gasteiger partial charge on any atom is 0.289 e. The summed E-state index contributed by atoms with van der Waals surface area (Å²) in [5.41, 5.74) is 5.39. The normalized spacial score (nSPS) is 12.7. The fraction of sp³-hybridized carbons (Fsp3) is 0.125. The lowest BCUT2D eigenvalue weighted by Crippen LogP contribution is -2.41. The summed E-state index contributed by atoms with van der Waals surface area (Å²) < 4.78 is 10.9. The van der Waals surface area contributed by atoms with Crippen LogP contribution < -0.4 is 20.3 Å². The SMILES string of the molecule is O=C(C=Cc1ccc2c(c1)OCCO2)NNC(=O)c1cnccn1. The Bertz CT molecular complexity index is 777. The first kappa shape index (κ1) is 15.5. The van der Waals surface area contributed by atoms with Gasteiger partial charge >= 0.3 is 0 Å². The minimum atomic E-state index is -0.552. The molecule has 0 unspecified atom stereocenters. The molecule has 1 aromatic carbocycles. The van der Waals surface area contributed by atoms with Gasteiger partial charge in [-0.15, -0.1) is 0 Å². The molecule has 8 heteroatoms. The number of amides is 2. The average molecular weight is 326 g/mol. The molecule has 0 fully saturated rings. The number of aromatic nitrogens is 2. The van der Waals surface area contributed by atoms with Gasteiger partial charge in [-0.25, -0.2) is 4.98 Å². The molecule has 2 heterocycles. The summed E-state index contributed by atoms with van der Waals surface area (Å²) in [5.74, 6) is 0.283. The molecule has 0 bridgehead atoms. The number of nitrogens with one attached hydrogen (secondary N) is 2. The Labute approximate surface area is 137 Å². The van der Waals surface area contributed by atoms with E-state index >= 15 is 0 Å². The van der Waals surface area contributed by atoms with Crippen molar-refractivity contribution in [3.05, 3.63) is 54.1 Å². The maximum atomic E-state index is 11.7. The van der Waals surface area contributed by atoms with Crippen LogP contribution in [0.25, 0.3) is 6.08 Å². The Morgan fingerprint density at radius 3 is 2.71 bits per heavy atom. The Morgan fingerprint density at radius 2 is 1.92 bits per heavy atom. The average Bonchev–Trinajstić information content (AvgIpc) is 2.65. The lowest BCUT2D eigenvalue weighted by molar-refractivity contribution is -0.117. The lowest BCUT2D eigenvalue weighted by Gasteiger charge is -2.18. The van der Waals surface area contributed by atoms with Gasteiger partial charge in [0, 0.05) is 18.5 Å². The smallest absolute Gasteiger partial charge is 0.289 e. The van der Waals surface area contributed by atoms with Gasteiger partial charge in [0.2, 0.25) is 0 Å². The van der Waals surface area contributed by atoms with E-state index in [1.54, 1.807) is 24.3 Å². The fourth-order valence-electron chi connectivity index (χ4n) is 1.98. The molecule has 122 valence electrons. The van der Waals surface area contributed by atoms with Gasteiger partial charge in [0.05, 0.1) is 6.20 Å². The van der Waals surface area contributed by atoms with Gasteiger partial charge < -0.3 is 9.47 Å². The molecule has 3 rings (SSSR count). The summed E-state index contributed by atoms with van der Waals surface area (Å²) in [6.07, 6.45) is 7.03. The molecule has 1 aliphatic rings. The summed E-state index contributed by atoms with van der Waals surface area (Å²) in [5, 5.41) is 0. The van der Waals surface area contributed by atoms with Gasteiger partial charge in [0.15, 0.2) is 11.5 Å². The number of benzene rings is 1. The molecular formula is C16H14N4O4. The van der Waals surface area contributed by atoms with Crippen LogP contribution in [0.15, 0.2) is 42.9 Å². The molecule has 0 spiro atoms. The summed E-state index contributed by atoms with van der Waals surface area (Å²) in [7, 11) is 0. The van der Waals surface area contributed by atoms with Crippen LogP contribution in [0.4, 0.5) is 0 Å². The molecule has 0 aliphatic carbocycles. The quantitative estimate of drug-likeness (QED) is 0.636. The Balaban J connectivity index is 1.55. The van der Waals surface area contributed by atoms with Crippen LogP contribution in [0.5, 0.6) is 11.5 Å². The number of nitrogens with zero attached hydrogens (tertiary/aromatic N) is 2. The van der Waals surface area contributed by atoms with Gasteiger partial charge in [-0.1, -0.05) is 6.07 Å². The highest BCUT2D eigenvalue weighted by Crippen LogP contribution is 2.30. The first-order valence-corrected chi connectivity index (χ1v) is 7.16. The number of carbonyl (C=O) groups excluding carboxylic acids is 2. The molecule has 0 atom stereocenters. The van der Waals surface area contributed by atoms with Crippen LogP contribution in [0.2, 0.25) is 0 Å². The molecule has 0 saturated heterocycles. The van der Waals surface area contributed by atoms with Crippen molar-refractivity contribution >= 4 is 17.9 Å². The second-order valence-corrected chi connectivity index (χ2v) is 4.77. The van der Waals surface area contributed by atoms with Crippen molar-refractivity contribution in [2.45, 2.75) is 0 Å². The molecule has 0 radical (unpaired) electrons. The number of hydrazine groups is 1. The van der Waals surface area contributed by atoms with Crippen LogP contribution in [-0.4, -0.2) is 35.0 Å². The number of rotatable bonds is 3. The summed E-state index contributed by atoms with van der Waals surface area (Å²) in [4.78, 5) is 31.0. The largest absolute Gasteiger partial charge is 0.486 e. The van der Waals surface area contributed by atoms with Crippen molar-refractivity contribution in [3.63, 3.8) is 0 Å². The molecule has 1 aliphatic heterocycles. The van der Waals surface area contributed by atoms with Gasteiger partial charge in [-0.05, 0) is 23.8 Å². The zero-order chi connectivity index (χ0) is 16.8. The third-order valence-electron chi connectivity index (χ3n) is 3.09. The van der Waals surface area contributed by atoms with Crippen LogP contribution in [-0.2, 0) is 4.79 Å². The van der Waals surface area contributed by atoms with E-state index in [0.29, 0.717) is 24.7 Å². The second-order valence-electron chi connectivity index (χ2n) is 4.77. The van der Waals surface area contributed by atoms with Crippen LogP contribution in [0, 0.1) is 0 Å². The predicted octanol–water partition coefficient (Wildman–Crippen LogP) is 0.722. The number of ether oxygens (including phenoxy) is 2. The molecule has 2 aromatic rings. The van der Waals surface area contributed by atoms with Crippen molar-refractivity contribution in [1.82, 2.24) is 20.8 Å². The zero-order valence-corrected chi connectivity index (χ0v) is 12.6. The van der Waals surface area contributed by atoms with Crippen LogP contribution in [0.3, 0.4) is 0 Å². The molecule has 24 heavy (non-hydrogen) atoms. The van der Waals surface area contributed by atoms with Gasteiger partial charge in [0.25, 0.3) is 11.8 Å². The molecule has 1 aromatic heterocycles. The Morgan fingerprint density at radius 1 is 1.08 bits per heavy atom. The second kappa shape index (κ2) is 7.23. The van der Waals surface area contributed by atoms with E-state index in [1.807, 2.05) is 0 Å². The minimum Gasteiger partial charge on any atom is -0.486 e. The number of fused-ring (bicyclic) bond motifs is 1. The fourth-order valence-corrected chi connectivity index (χ4v) is 1.98. The van der Waals surface area contributed by atoms with E-state index in [9.17, 15) is 9.59 Å². The molecule has 0 saturated carbocycles. The van der Waals surface area contributed by atoms with Gasteiger partial charge in [-0.3, -0.25) is 25.4 Å². The van der Waals surface area contributed by atoms with Crippen molar-refractivity contribution in [2.75, 3.05) is 13.2 Å². The number of hydrogen-bond acceptors (Lipinski definition) is 6. The summed E-state index contributed by atoms with van der Waals surface area (Å²) >= 11 is 0. The number of carbonyl (C=O) groups is 2. The highest BCUT2D eigenvalue weighted by atomic mass is 16.6. The van der Waals surface area contributed by atoms with E-state index < -0.39 is 11.8 Å². The number of hydrogen-bond donors (Lipinski definition) is 2. The monoisotopic (exact) mass is 326 g/mol. The zero-order valence-electron chi connectivity index (χ0n) is 12.6. The molecular weight excluding hydrogens is 312 g/mol. The van der Waals surface area contributed by atoms with E-state index in [-0.39, 0.29) is 5.69 Å². The third-order valence-corrected chi connectivity index (χ3v) is 3.09. The molecule has 2 N–H and O–H groups in total. The summed E-state index contributed by atoms with van der Waals surface area (Å²) in [6.45, 7) is 1.02. The van der Waals surface area contributed by atoms with Crippen molar-refractivity contribution in [2.24, 2.45) is 0 Å². The van der Waals surface area contributed by atoms with Gasteiger partial charge in [0.1, 0.15) is 18.9 Å². The van der Waals surface area contributed by atoms with E-state index in [1.165, 1.54) is 24.7 Å². The Hall–Kier alpha value is -3.42. The first-order chi connectivity index (χ1) is 11.7. The van der Waals surface area contributed by atoms with Crippen molar-refractivity contribution in [1.29, 1.82) is 0 Å². The van der Waals surface area contributed by atoms with Crippen LogP contribution in [0.1, 0.15) is 16.1 Å². The van der Waals surface area contributed by atoms with Crippen molar-refractivity contribution < 1.29 is 19.1 Å². The summed E-state index contributed by atoms with van der Waals surface area (Å²) in [6, 6.07) is 5.35. The standard InChI is InChI=1S/C16H14N4O4/c21-15(19-20-16(22)12-10-17-5-6-18-12)4-2-11-1-3-13-14(9-11)24-8-7-23-13/h1-6,9-10H,7-8H2,(H,19,21)(H,20,22). The highest BCUT2D eigenvalue weighted by molar-refractivity contribution is 5.96. The van der Waals surface area contributed by atoms with Crippen LogP contribution >= 0.6 is 0 Å². The topological polar surface area (TPSA) is 102 Å². The molecule has 8 nitrogen and oxygen atoms in total. The van der Waals surface area contributed by atoms with E-state index in [2.05, 4.69) is 20.8 Å². The van der Waals surface area contributed by atoms with E-state index in [4.69, 9.17) is 9.47 Å². The third kappa shape index (κ3) is 3.86. The Kier molecular flexibility index (Phi) is 4.66. The highest BCUT2D eigenvalue weighted by Gasteiger charge is 2.11. The molecule has 2 amide bonds. The minimum absolute atomic E-state index is 0.105. The lowest BCUT2D eigenvalue weighted by atomic mass is 10.2. The van der Waals surface area contributed by atoms with E-state index in [0.717, 1.165) is 5.56 Å². The first-order valence-electron chi connectivity index (χ1n) is 7.16. The van der Waals surface area contributed by atoms with Crippen molar-refractivity contribution in [3.8, 4) is 11.5 Å². The van der Waals surface area contributed by atoms with Gasteiger partial charge in [-0.2, -0.15) is 0 Å².